The van der Waals surface area contributed by atoms with Crippen LogP contribution in [0.2, 0.25) is 0 Å². The molecule has 0 saturated carbocycles. The van der Waals surface area contributed by atoms with Crippen molar-refractivity contribution in [3.05, 3.63) is 51.4 Å². The molecule has 3 N–H and O–H groups in total. The second-order valence-electron chi connectivity index (χ2n) is 3.78. The van der Waals surface area contributed by atoms with Gasteiger partial charge in [0.25, 0.3) is 0 Å². The SMILES string of the molecule is CCn1cc(C(NN)c2ccc(I)cc2)cn1. The molecule has 90 valence electrons. The summed E-state index contributed by atoms with van der Waals surface area (Å²) in [4.78, 5) is 0. The molecule has 1 atom stereocenters. The van der Waals surface area contributed by atoms with Crippen LogP contribution in [0.4, 0.5) is 0 Å². The highest BCUT2D eigenvalue weighted by Gasteiger charge is 2.13. The molecule has 1 unspecified atom stereocenters. The van der Waals surface area contributed by atoms with Crippen molar-refractivity contribution in [2.24, 2.45) is 5.84 Å². The number of rotatable bonds is 4. The number of nitrogens with zero attached hydrogens (tertiary/aromatic N) is 2. The maximum absolute atomic E-state index is 5.64. The summed E-state index contributed by atoms with van der Waals surface area (Å²) in [7, 11) is 0. The van der Waals surface area contributed by atoms with Crippen molar-refractivity contribution in [2.45, 2.75) is 19.5 Å². The van der Waals surface area contributed by atoms with E-state index in [1.165, 1.54) is 3.57 Å². The summed E-state index contributed by atoms with van der Waals surface area (Å²) in [5.41, 5.74) is 5.06. The first kappa shape index (κ1) is 12.5. The first-order valence-electron chi connectivity index (χ1n) is 5.48. The number of benzene rings is 1. The molecule has 0 saturated heterocycles. The number of hydrogen-bond acceptors (Lipinski definition) is 3. The fourth-order valence-electron chi connectivity index (χ4n) is 1.74. The summed E-state index contributed by atoms with van der Waals surface area (Å²) in [5.74, 6) is 5.64. The molecule has 2 rings (SSSR count). The van der Waals surface area contributed by atoms with Gasteiger partial charge in [-0.2, -0.15) is 5.10 Å². The second-order valence-corrected chi connectivity index (χ2v) is 5.03. The molecule has 0 amide bonds. The van der Waals surface area contributed by atoms with Gasteiger partial charge in [-0.25, -0.2) is 5.43 Å². The minimum atomic E-state index is -0.00713. The van der Waals surface area contributed by atoms with Gasteiger partial charge in [-0.15, -0.1) is 0 Å². The lowest BCUT2D eigenvalue weighted by molar-refractivity contribution is 0.630. The minimum Gasteiger partial charge on any atom is -0.273 e. The Morgan fingerprint density at radius 2 is 2.06 bits per heavy atom. The van der Waals surface area contributed by atoms with Crippen LogP contribution in [0.25, 0.3) is 0 Å². The number of nitrogens with two attached hydrogens (primary N) is 1. The van der Waals surface area contributed by atoms with Gasteiger partial charge in [-0.1, -0.05) is 12.1 Å². The summed E-state index contributed by atoms with van der Waals surface area (Å²) in [6, 6.07) is 8.30. The molecule has 0 radical (unpaired) electrons. The topological polar surface area (TPSA) is 55.9 Å². The minimum absolute atomic E-state index is 0.00713. The van der Waals surface area contributed by atoms with Crippen molar-refractivity contribution >= 4 is 22.6 Å². The van der Waals surface area contributed by atoms with Gasteiger partial charge in [0.15, 0.2) is 0 Å². The van der Waals surface area contributed by atoms with E-state index in [2.05, 4.69) is 64.3 Å². The van der Waals surface area contributed by atoms with Crippen molar-refractivity contribution in [1.82, 2.24) is 15.2 Å². The highest BCUT2D eigenvalue weighted by Crippen LogP contribution is 2.21. The molecule has 4 nitrogen and oxygen atoms in total. The van der Waals surface area contributed by atoms with Crippen LogP contribution in [0.15, 0.2) is 36.7 Å². The number of hydrazine groups is 1. The predicted octanol–water partition coefficient (Wildman–Crippen LogP) is 2.06. The van der Waals surface area contributed by atoms with E-state index in [1.54, 1.807) is 0 Å². The zero-order valence-electron chi connectivity index (χ0n) is 9.60. The van der Waals surface area contributed by atoms with Crippen molar-refractivity contribution in [2.75, 3.05) is 0 Å². The Morgan fingerprint density at radius 1 is 1.35 bits per heavy atom. The molecule has 5 heteroatoms. The van der Waals surface area contributed by atoms with E-state index in [9.17, 15) is 0 Å². The average Bonchev–Trinajstić information content (AvgIpc) is 2.81. The summed E-state index contributed by atoms with van der Waals surface area (Å²) >= 11 is 2.29. The van der Waals surface area contributed by atoms with Gasteiger partial charge in [-0.3, -0.25) is 10.5 Å². The Morgan fingerprint density at radius 3 is 2.59 bits per heavy atom. The molecular formula is C12H15IN4. The standard InChI is InChI=1S/C12H15IN4/c1-2-17-8-10(7-15-17)12(16-14)9-3-5-11(13)6-4-9/h3-8,12,16H,2,14H2,1H3. The van der Waals surface area contributed by atoms with Crippen LogP contribution < -0.4 is 11.3 Å². The average molecular weight is 342 g/mol. The largest absolute Gasteiger partial charge is 0.273 e. The summed E-state index contributed by atoms with van der Waals surface area (Å²) in [6.07, 6.45) is 3.87. The van der Waals surface area contributed by atoms with E-state index >= 15 is 0 Å². The Labute approximate surface area is 114 Å². The molecule has 0 aliphatic heterocycles. The quantitative estimate of drug-likeness (QED) is 0.508. The van der Waals surface area contributed by atoms with Crippen molar-refractivity contribution in [1.29, 1.82) is 0 Å². The van der Waals surface area contributed by atoms with E-state index < -0.39 is 0 Å². The molecule has 0 spiro atoms. The molecule has 0 aliphatic rings. The first-order chi connectivity index (χ1) is 8.24. The van der Waals surface area contributed by atoms with Gasteiger partial charge < -0.3 is 0 Å². The smallest absolute Gasteiger partial charge is 0.0740 e. The second kappa shape index (κ2) is 5.61. The van der Waals surface area contributed by atoms with Crippen molar-refractivity contribution < 1.29 is 0 Å². The first-order valence-corrected chi connectivity index (χ1v) is 6.56. The summed E-state index contributed by atoms with van der Waals surface area (Å²) in [5, 5.41) is 4.27. The highest BCUT2D eigenvalue weighted by atomic mass is 127. The fourth-order valence-corrected chi connectivity index (χ4v) is 2.10. The Kier molecular flexibility index (Phi) is 4.14. The maximum Gasteiger partial charge on any atom is 0.0740 e. The zero-order chi connectivity index (χ0) is 12.3. The molecule has 1 aromatic carbocycles. The van der Waals surface area contributed by atoms with Crippen LogP contribution in [0.3, 0.4) is 0 Å². The zero-order valence-corrected chi connectivity index (χ0v) is 11.8. The molecule has 1 aromatic heterocycles. The van der Waals surface area contributed by atoms with E-state index in [1.807, 2.05) is 17.1 Å². The van der Waals surface area contributed by atoms with E-state index in [0.29, 0.717) is 0 Å². The van der Waals surface area contributed by atoms with E-state index in [4.69, 9.17) is 5.84 Å². The van der Waals surface area contributed by atoms with Crippen molar-refractivity contribution in [3.8, 4) is 0 Å². The van der Waals surface area contributed by atoms with Gasteiger partial charge in [0.1, 0.15) is 0 Å². The third-order valence-electron chi connectivity index (χ3n) is 2.68. The van der Waals surface area contributed by atoms with Gasteiger partial charge in [-0.05, 0) is 47.2 Å². The van der Waals surface area contributed by atoms with Crippen molar-refractivity contribution in [3.63, 3.8) is 0 Å². The predicted molar refractivity (Wildman–Crippen MR) is 76.2 cm³/mol. The third-order valence-corrected chi connectivity index (χ3v) is 3.40. The molecule has 0 bridgehead atoms. The Hall–Kier alpha value is -0.920. The lowest BCUT2D eigenvalue weighted by Gasteiger charge is -2.14. The summed E-state index contributed by atoms with van der Waals surface area (Å²) in [6.45, 7) is 2.93. The molecule has 0 aliphatic carbocycles. The van der Waals surface area contributed by atoms with Gasteiger partial charge in [0.2, 0.25) is 0 Å². The number of halogens is 1. The highest BCUT2D eigenvalue weighted by molar-refractivity contribution is 14.1. The molecule has 17 heavy (non-hydrogen) atoms. The van der Waals surface area contributed by atoms with Crippen LogP contribution in [-0.2, 0) is 6.54 Å². The van der Waals surface area contributed by atoms with Crippen LogP contribution >= 0.6 is 22.6 Å². The normalized spacial score (nSPS) is 12.6. The molecule has 2 aromatic rings. The van der Waals surface area contributed by atoms with Gasteiger partial charge >= 0.3 is 0 Å². The van der Waals surface area contributed by atoms with Crippen LogP contribution in [0.1, 0.15) is 24.1 Å². The Bertz CT molecular complexity index is 478. The summed E-state index contributed by atoms with van der Waals surface area (Å²) < 4.78 is 3.11. The molecular weight excluding hydrogens is 327 g/mol. The van der Waals surface area contributed by atoms with E-state index in [0.717, 1.165) is 17.7 Å². The van der Waals surface area contributed by atoms with Crippen LogP contribution in [0, 0.1) is 3.57 Å². The fraction of sp³-hybridized carbons (Fsp3) is 0.250. The molecule has 0 fully saturated rings. The van der Waals surface area contributed by atoms with Gasteiger partial charge in [0.05, 0.1) is 12.2 Å². The molecule has 1 heterocycles. The van der Waals surface area contributed by atoms with Crippen LogP contribution in [-0.4, -0.2) is 9.78 Å². The van der Waals surface area contributed by atoms with Crippen LogP contribution in [0.5, 0.6) is 0 Å². The monoisotopic (exact) mass is 342 g/mol. The number of aromatic nitrogens is 2. The lowest BCUT2D eigenvalue weighted by Crippen LogP contribution is -2.28. The third kappa shape index (κ3) is 2.85. The number of nitrogens with one attached hydrogen (secondary N) is 1. The van der Waals surface area contributed by atoms with E-state index in [-0.39, 0.29) is 6.04 Å². The maximum atomic E-state index is 5.64. The number of hydrogen-bond donors (Lipinski definition) is 2. The number of aryl methyl sites for hydroxylation is 1. The Balaban J connectivity index is 2.29. The van der Waals surface area contributed by atoms with Gasteiger partial charge in [0, 0.05) is 21.9 Å². The lowest BCUT2D eigenvalue weighted by atomic mass is 10.0.